The quantitative estimate of drug-likeness (QED) is 0.307. The smallest absolute Gasteiger partial charge is 0.242 e. The fraction of sp³-hybridized carbons (Fsp3) is 0.444. The molecule has 0 saturated heterocycles. The lowest BCUT2D eigenvalue weighted by Crippen LogP contribution is -2.38. The molecule has 2 rings (SSSR count). The molecule has 1 aromatic carbocycles. The van der Waals surface area contributed by atoms with Crippen LogP contribution in [0.15, 0.2) is 39.5 Å². The molecule has 7 nitrogen and oxygen atoms in total. The maximum absolute atomic E-state index is 12.1. The van der Waals surface area contributed by atoms with Gasteiger partial charge in [0.15, 0.2) is 5.96 Å². The largest absolute Gasteiger partial charge is 0.357 e. The molecule has 1 aromatic heterocycles. The van der Waals surface area contributed by atoms with Crippen LogP contribution in [-0.4, -0.2) is 50.9 Å². The average Bonchev–Trinajstić information content (AvgIpc) is 3.05. The number of nitrogens with zero attached hydrogens (tertiary/aromatic N) is 3. The van der Waals surface area contributed by atoms with E-state index in [-0.39, 0.29) is 28.9 Å². The predicted octanol–water partition coefficient (Wildman–Crippen LogP) is 2.62. The molecule has 0 radical (unpaired) electrons. The van der Waals surface area contributed by atoms with E-state index in [1.165, 1.54) is 18.4 Å². The van der Waals surface area contributed by atoms with E-state index in [9.17, 15) is 8.42 Å². The molecule has 0 atom stereocenters. The van der Waals surface area contributed by atoms with Crippen LogP contribution in [0.5, 0.6) is 0 Å². The fourth-order valence-electron chi connectivity index (χ4n) is 2.32. The van der Waals surface area contributed by atoms with Gasteiger partial charge >= 0.3 is 0 Å². The first-order valence-corrected chi connectivity index (χ1v) is 11.1. The van der Waals surface area contributed by atoms with Gasteiger partial charge in [-0.3, -0.25) is 0 Å². The summed E-state index contributed by atoms with van der Waals surface area (Å²) < 4.78 is 25.4. The lowest BCUT2D eigenvalue weighted by molar-refractivity contribution is 0.520. The van der Waals surface area contributed by atoms with Crippen LogP contribution in [0.3, 0.4) is 0 Å². The number of aliphatic imine (C=N–C) groups is 1. The Labute approximate surface area is 188 Å². The molecule has 0 saturated carbocycles. The van der Waals surface area contributed by atoms with E-state index >= 15 is 0 Å². The van der Waals surface area contributed by atoms with Gasteiger partial charge < -0.3 is 10.6 Å². The Balaban J connectivity index is 0.00000392. The third-order valence-electron chi connectivity index (χ3n) is 3.81. The van der Waals surface area contributed by atoms with Crippen molar-refractivity contribution in [1.29, 1.82) is 0 Å². The second-order valence-electron chi connectivity index (χ2n) is 6.16. The predicted molar refractivity (Wildman–Crippen MR) is 126 cm³/mol. The van der Waals surface area contributed by atoms with Crippen molar-refractivity contribution < 1.29 is 8.42 Å². The van der Waals surface area contributed by atoms with Gasteiger partial charge in [0.2, 0.25) is 10.0 Å². The van der Waals surface area contributed by atoms with E-state index < -0.39 is 10.0 Å². The molecule has 156 valence electrons. The van der Waals surface area contributed by atoms with Crippen LogP contribution in [-0.2, 0) is 23.0 Å². The van der Waals surface area contributed by atoms with Gasteiger partial charge in [0.05, 0.1) is 22.1 Å². The molecule has 0 unspecified atom stereocenters. The van der Waals surface area contributed by atoms with E-state index in [1.54, 1.807) is 35.6 Å². The van der Waals surface area contributed by atoms with Crippen LogP contribution in [0, 0.1) is 6.92 Å². The Bertz CT molecular complexity index is 864. The molecule has 1 heterocycles. The number of nitrogens with one attached hydrogen (secondary N) is 2. The van der Waals surface area contributed by atoms with Crippen molar-refractivity contribution in [2.75, 3.05) is 27.2 Å². The van der Waals surface area contributed by atoms with Crippen molar-refractivity contribution in [3.05, 3.63) is 45.9 Å². The standard InChI is InChI=1S/C18H27N5O2S2.HI/c1-5-19-18(20-11-10-16-13-26-14(2)22-16)21-12-15-6-8-17(9-7-15)27(24,25)23(3)4;/h6-9,13H,5,10-12H2,1-4H3,(H2,19,20,21);1H. The van der Waals surface area contributed by atoms with E-state index in [2.05, 4.69) is 26.0 Å². The van der Waals surface area contributed by atoms with Crippen molar-refractivity contribution in [2.24, 2.45) is 4.99 Å². The fourth-order valence-corrected chi connectivity index (χ4v) is 3.87. The Morgan fingerprint density at radius 2 is 1.89 bits per heavy atom. The summed E-state index contributed by atoms with van der Waals surface area (Å²) in [6, 6.07) is 6.82. The first-order chi connectivity index (χ1) is 12.8. The molecule has 0 fully saturated rings. The van der Waals surface area contributed by atoms with Gasteiger partial charge in [-0.15, -0.1) is 35.3 Å². The number of hydrogen-bond donors (Lipinski definition) is 2. The number of benzene rings is 1. The summed E-state index contributed by atoms with van der Waals surface area (Å²) in [4.78, 5) is 9.30. The first-order valence-electron chi connectivity index (χ1n) is 8.77. The normalized spacial score (nSPS) is 12.0. The molecule has 2 N–H and O–H groups in total. The molecule has 0 spiro atoms. The Hall–Kier alpha value is -1.24. The number of hydrogen-bond acceptors (Lipinski definition) is 5. The summed E-state index contributed by atoms with van der Waals surface area (Å²) >= 11 is 1.65. The number of sulfonamides is 1. The van der Waals surface area contributed by atoms with Gasteiger partial charge in [-0.25, -0.2) is 22.7 Å². The summed E-state index contributed by atoms with van der Waals surface area (Å²) in [5.41, 5.74) is 2.03. The zero-order chi connectivity index (χ0) is 19.9. The van der Waals surface area contributed by atoms with E-state index in [4.69, 9.17) is 0 Å². The zero-order valence-electron chi connectivity index (χ0n) is 16.6. The van der Waals surface area contributed by atoms with Crippen LogP contribution in [0.4, 0.5) is 0 Å². The summed E-state index contributed by atoms with van der Waals surface area (Å²) in [5, 5.41) is 9.66. The maximum Gasteiger partial charge on any atom is 0.242 e. The molecule has 0 aliphatic carbocycles. The summed E-state index contributed by atoms with van der Waals surface area (Å²) in [6.07, 6.45) is 0.839. The molecule has 0 bridgehead atoms. The number of aromatic nitrogens is 1. The first kappa shape index (κ1) is 24.8. The average molecular weight is 537 g/mol. The second-order valence-corrected chi connectivity index (χ2v) is 9.38. The second kappa shape index (κ2) is 11.7. The van der Waals surface area contributed by atoms with Crippen LogP contribution in [0.2, 0.25) is 0 Å². The molecule has 2 aromatic rings. The highest BCUT2D eigenvalue weighted by Gasteiger charge is 2.16. The van der Waals surface area contributed by atoms with Crippen LogP contribution < -0.4 is 10.6 Å². The molecular formula is C18H28IN5O2S2. The third kappa shape index (κ3) is 7.30. The van der Waals surface area contributed by atoms with Gasteiger partial charge in [-0.2, -0.15) is 0 Å². The molecule has 0 aliphatic heterocycles. The van der Waals surface area contributed by atoms with Gasteiger partial charge in [-0.05, 0) is 31.5 Å². The minimum atomic E-state index is -3.40. The molecule has 10 heteroatoms. The lowest BCUT2D eigenvalue weighted by Gasteiger charge is -2.12. The Morgan fingerprint density at radius 3 is 2.43 bits per heavy atom. The van der Waals surface area contributed by atoms with Crippen molar-refractivity contribution in [2.45, 2.75) is 31.7 Å². The van der Waals surface area contributed by atoms with Gasteiger partial charge in [0, 0.05) is 39.0 Å². The van der Waals surface area contributed by atoms with Crippen molar-refractivity contribution in [3.63, 3.8) is 0 Å². The number of halogens is 1. The molecular weight excluding hydrogens is 509 g/mol. The van der Waals surface area contributed by atoms with Crippen LogP contribution in [0.25, 0.3) is 0 Å². The van der Waals surface area contributed by atoms with Crippen LogP contribution >= 0.6 is 35.3 Å². The molecule has 0 aliphatic rings. The monoisotopic (exact) mass is 537 g/mol. The highest BCUT2D eigenvalue weighted by molar-refractivity contribution is 14.0. The number of thiazole rings is 1. The minimum absolute atomic E-state index is 0. The molecule has 28 heavy (non-hydrogen) atoms. The topological polar surface area (TPSA) is 86.7 Å². The Morgan fingerprint density at radius 1 is 1.21 bits per heavy atom. The van der Waals surface area contributed by atoms with E-state index in [0.717, 1.165) is 41.7 Å². The summed E-state index contributed by atoms with van der Waals surface area (Å²) in [7, 11) is -0.357. The summed E-state index contributed by atoms with van der Waals surface area (Å²) in [6.45, 7) is 5.99. The molecule has 0 amide bonds. The van der Waals surface area contributed by atoms with Gasteiger partial charge in [0.1, 0.15) is 0 Å². The van der Waals surface area contributed by atoms with Crippen molar-refractivity contribution in [3.8, 4) is 0 Å². The zero-order valence-corrected chi connectivity index (χ0v) is 20.6. The van der Waals surface area contributed by atoms with Crippen molar-refractivity contribution in [1.82, 2.24) is 19.9 Å². The highest BCUT2D eigenvalue weighted by atomic mass is 127. The number of guanidine groups is 1. The van der Waals surface area contributed by atoms with Crippen LogP contribution in [0.1, 0.15) is 23.2 Å². The van der Waals surface area contributed by atoms with Gasteiger partial charge in [-0.1, -0.05) is 12.1 Å². The maximum atomic E-state index is 12.1. The SMILES string of the molecule is CCNC(=NCc1ccc(S(=O)(=O)N(C)C)cc1)NCCc1csc(C)n1.I. The van der Waals surface area contributed by atoms with Crippen molar-refractivity contribution >= 4 is 51.3 Å². The third-order valence-corrected chi connectivity index (χ3v) is 6.46. The van der Waals surface area contributed by atoms with Gasteiger partial charge in [0.25, 0.3) is 0 Å². The lowest BCUT2D eigenvalue weighted by atomic mass is 10.2. The summed E-state index contributed by atoms with van der Waals surface area (Å²) in [5.74, 6) is 0.731. The van der Waals surface area contributed by atoms with E-state index in [1.807, 2.05) is 13.8 Å². The minimum Gasteiger partial charge on any atom is -0.357 e. The Kier molecular flexibility index (Phi) is 10.4. The van der Waals surface area contributed by atoms with E-state index in [0.29, 0.717) is 6.54 Å². The highest BCUT2D eigenvalue weighted by Crippen LogP contribution is 2.14. The number of aryl methyl sites for hydroxylation is 1. The number of rotatable bonds is 8.